The van der Waals surface area contributed by atoms with Crippen LogP contribution in [0.4, 0.5) is 0 Å². The Labute approximate surface area is 148 Å². The highest BCUT2D eigenvalue weighted by molar-refractivity contribution is 5.91. The van der Waals surface area contributed by atoms with Crippen molar-refractivity contribution in [1.29, 1.82) is 0 Å². The van der Waals surface area contributed by atoms with Gasteiger partial charge < -0.3 is 20.4 Å². The van der Waals surface area contributed by atoms with Crippen molar-refractivity contribution in [2.24, 2.45) is 4.99 Å². The molecular formula is C19H26N4O2. The zero-order chi connectivity index (χ0) is 18.1. The molecule has 1 aromatic carbocycles. The first-order valence-electron chi connectivity index (χ1n) is 8.43. The van der Waals surface area contributed by atoms with Gasteiger partial charge in [0.2, 0.25) is 0 Å². The minimum absolute atomic E-state index is 0.220. The van der Waals surface area contributed by atoms with Crippen molar-refractivity contribution in [3.05, 3.63) is 59.5 Å². The van der Waals surface area contributed by atoms with E-state index in [0.717, 1.165) is 6.54 Å². The van der Waals surface area contributed by atoms with E-state index in [9.17, 15) is 4.79 Å². The van der Waals surface area contributed by atoms with Crippen LogP contribution in [0.25, 0.3) is 0 Å². The maximum Gasteiger partial charge on any atom is 0.287 e. The number of amides is 1. The van der Waals surface area contributed by atoms with Crippen molar-refractivity contribution in [3.63, 3.8) is 0 Å². The normalized spacial score (nSPS) is 12.5. The quantitative estimate of drug-likeness (QED) is 0.410. The number of furan rings is 1. The lowest BCUT2D eigenvalue weighted by Crippen LogP contribution is -2.42. The molecule has 0 aliphatic carbocycles. The molecule has 0 aliphatic rings. The fourth-order valence-electron chi connectivity index (χ4n) is 2.34. The van der Waals surface area contributed by atoms with E-state index in [1.807, 2.05) is 0 Å². The molecule has 0 radical (unpaired) electrons. The van der Waals surface area contributed by atoms with E-state index in [-0.39, 0.29) is 5.91 Å². The summed E-state index contributed by atoms with van der Waals surface area (Å²) in [5.74, 6) is 1.18. The topological polar surface area (TPSA) is 78.7 Å². The summed E-state index contributed by atoms with van der Waals surface area (Å²) in [6.45, 7) is 6.10. The van der Waals surface area contributed by atoms with Crippen LogP contribution < -0.4 is 16.0 Å². The minimum Gasteiger partial charge on any atom is -0.459 e. The second-order valence-corrected chi connectivity index (χ2v) is 5.92. The summed E-state index contributed by atoms with van der Waals surface area (Å²) < 4.78 is 5.04. The highest BCUT2D eigenvalue weighted by Gasteiger charge is 2.08. The average molecular weight is 342 g/mol. The zero-order valence-corrected chi connectivity index (χ0v) is 15.0. The first-order chi connectivity index (χ1) is 12.1. The fraction of sp³-hybridized carbons (Fsp3) is 0.368. The van der Waals surface area contributed by atoms with Gasteiger partial charge in [-0.1, -0.05) is 36.8 Å². The molecule has 3 N–H and O–H groups in total. The zero-order valence-electron chi connectivity index (χ0n) is 15.0. The number of aryl methyl sites for hydroxylation is 1. The Hall–Kier alpha value is -2.76. The van der Waals surface area contributed by atoms with Crippen LogP contribution in [0.2, 0.25) is 0 Å². The van der Waals surface area contributed by atoms with E-state index < -0.39 is 0 Å². The monoisotopic (exact) mass is 342 g/mol. The van der Waals surface area contributed by atoms with Crippen molar-refractivity contribution in [1.82, 2.24) is 16.0 Å². The second-order valence-electron chi connectivity index (χ2n) is 5.92. The maximum atomic E-state index is 11.7. The van der Waals surface area contributed by atoms with E-state index >= 15 is 0 Å². The predicted octanol–water partition coefficient (Wildman–Crippen LogP) is 2.29. The van der Waals surface area contributed by atoms with Crippen molar-refractivity contribution in [3.8, 4) is 0 Å². The van der Waals surface area contributed by atoms with Gasteiger partial charge in [-0.2, -0.15) is 0 Å². The molecule has 0 bridgehead atoms. The van der Waals surface area contributed by atoms with Crippen molar-refractivity contribution in [2.45, 2.75) is 19.8 Å². The minimum atomic E-state index is -0.220. The molecule has 0 fully saturated rings. The van der Waals surface area contributed by atoms with E-state index in [0.29, 0.717) is 30.7 Å². The van der Waals surface area contributed by atoms with Crippen LogP contribution in [0, 0.1) is 6.92 Å². The van der Waals surface area contributed by atoms with Gasteiger partial charge in [-0.3, -0.25) is 9.79 Å². The van der Waals surface area contributed by atoms with Gasteiger partial charge in [-0.05, 0) is 30.5 Å². The Kier molecular flexibility index (Phi) is 7.07. The number of guanidine groups is 1. The number of nitrogens with zero attached hydrogens (tertiary/aromatic N) is 1. The van der Waals surface area contributed by atoms with Gasteiger partial charge in [-0.15, -0.1) is 0 Å². The molecule has 0 saturated carbocycles. The Balaban J connectivity index is 1.68. The molecule has 0 aliphatic heterocycles. The molecule has 2 rings (SSSR count). The summed E-state index contributed by atoms with van der Waals surface area (Å²) >= 11 is 0. The number of nitrogens with one attached hydrogen (secondary N) is 3. The van der Waals surface area contributed by atoms with Crippen LogP contribution in [0.3, 0.4) is 0 Å². The summed E-state index contributed by atoms with van der Waals surface area (Å²) in [5.41, 5.74) is 2.55. The Morgan fingerprint density at radius 3 is 2.48 bits per heavy atom. The van der Waals surface area contributed by atoms with Crippen LogP contribution >= 0.6 is 0 Å². The molecule has 1 atom stereocenters. The molecule has 2 aromatic rings. The third kappa shape index (κ3) is 5.99. The summed E-state index contributed by atoms with van der Waals surface area (Å²) in [7, 11) is 1.73. The first kappa shape index (κ1) is 18.6. The first-order valence-corrected chi connectivity index (χ1v) is 8.43. The lowest BCUT2D eigenvalue weighted by Gasteiger charge is -2.16. The predicted molar refractivity (Wildman–Crippen MR) is 100.0 cm³/mol. The van der Waals surface area contributed by atoms with Crippen LogP contribution in [0.5, 0.6) is 0 Å². The number of benzene rings is 1. The van der Waals surface area contributed by atoms with Crippen LogP contribution in [0.1, 0.15) is 34.5 Å². The Morgan fingerprint density at radius 2 is 1.84 bits per heavy atom. The fourth-order valence-corrected chi connectivity index (χ4v) is 2.34. The highest BCUT2D eigenvalue weighted by atomic mass is 16.3. The van der Waals surface area contributed by atoms with Gasteiger partial charge in [0.1, 0.15) is 0 Å². The maximum absolute atomic E-state index is 11.7. The van der Waals surface area contributed by atoms with E-state index in [1.165, 1.54) is 17.4 Å². The molecule has 1 aromatic heterocycles. The third-order valence-electron chi connectivity index (χ3n) is 3.89. The van der Waals surface area contributed by atoms with Crippen LogP contribution in [-0.2, 0) is 0 Å². The molecule has 1 heterocycles. The van der Waals surface area contributed by atoms with Crippen LogP contribution in [0.15, 0.2) is 52.1 Å². The number of hydrogen-bond donors (Lipinski definition) is 3. The van der Waals surface area contributed by atoms with E-state index in [1.54, 1.807) is 19.2 Å². The van der Waals surface area contributed by atoms with Crippen molar-refractivity contribution >= 4 is 11.9 Å². The van der Waals surface area contributed by atoms with Crippen LogP contribution in [-0.4, -0.2) is 38.5 Å². The SMILES string of the molecule is CN=C(NCCNC(=O)c1ccco1)NCC(C)c1ccc(C)cc1. The van der Waals surface area contributed by atoms with Gasteiger partial charge in [-0.25, -0.2) is 0 Å². The Bertz CT molecular complexity index is 678. The number of rotatable bonds is 7. The highest BCUT2D eigenvalue weighted by Crippen LogP contribution is 2.14. The lowest BCUT2D eigenvalue weighted by molar-refractivity contribution is 0.0926. The average Bonchev–Trinajstić information content (AvgIpc) is 3.16. The molecular weight excluding hydrogens is 316 g/mol. The molecule has 0 spiro atoms. The summed E-state index contributed by atoms with van der Waals surface area (Å²) in [5, 5.41) is 9.27. The lowest BCUT2D eigenvalue weighted by atomic mass is 10.0. The molecule has 6 heteroatoms. The molecule has 25 heavy (non-hydrogen) atoms. The van der Waals surface area contributed by atoms with Gasteiger partial charge in [0.25, 0.3) is 5.91 Å². The third-order valence-corrected chi connectivity index (χ3v) is 3.89. The second kappa shape index (κ2) is 9.52. The van der Waals surface area contributed by atoms with E-state index in [2.05, 4.69) is 59.1 Å². The molecule has 0 saturated heterocycles. The number of hydrogen-bond acceptors (Lipinski definition) is 3. The van der Waals surface area contributed by atoms with E-state index in [4.69, 9.17) is 4.42 Å². The largest absolute Gasteiger partial charge is 0.459 e. The molecule has 6 nitrogen and oxygen atoms in total. The Morgan fingerprint density at radius 1 is 1.12 bits per heavy atom. The van der Waals surface area contributed by atoms with Crippen molar-refractivity contribution < 1.29 is 9.21 Å². The number of aliphatic imine (C=N–C) groups is 1. The van der Waals surface area contributed by atoms with Gasteiger partial charge in [0.15, 0.2) is 11.7 Å². The van der Waals surface area contributed by atoms with Gasteiger partial charge in [0.05, 0.1) is 6.26 Å². The molecule has 1 unspecified atom stereocenters. The summed E-state index contributed by atoms with van der Waals surface area (Å²) in [6.07, 6.45) is 1.48. The standard InChI is InChI=1S/C19H26N4O2/c1-14-6-8-16(9-7-14)15(2)13-23-19(20-3)22-11-10-21-18(24)17-5-4-12-25-17/h4-9,12,15H,10-11,13H2,1-3H3,(H,21,24)(H2,20,22,23). The smallest absolute Gasteiger partial charge is 0.287 e. The summed E-state index contributed by atoms with van der Waals surface area (Å²) in [6, 6.07) is 11.9. The molecule has 134 valence electrons. The number of carbonyl (C=O) groups is 1. The van der Waals surface area contributed by atoms with Gasteiger partial charge in [0, 0.05) is 26.7 Å². The molecule has 1 amide bonds. The number of carbonyl (C=O) groups excluding carboxylic acids is 1. The van der Waals surface area contributed by atoms with Crippen molar-refractivity contribution in [2.75, 3.05) is 26.7 Å². The summed E-state index contributed by atoms with van der Waals surface area (Å²) in [4.78, 5) is 15.9. The van der Waals surface area contributed by atoms with Gasteiger partial charge >= 0.3 is 0 Å².